The summed E-state index contributed by atoms with van der Waals surface area (Å²) in [7, 11) is -3.73. The van der Waals surface area contributed by atoms with Crippen molar-refractivity contribution in [1.82, 2.24) is 14.4 Å². The van der Waals surface area contributed by atoms with E-state index in [9.17, 15) is 13.2 Å². The Morgan fingerprint density at radius 3 is 2.52 bits per heavy atom. The molecule has 150 valence electrons. The first-order valence-corrected chi connectivity index (χ1v) is 11.5. The fourth-order valence-electron chi connectivity index (χ4n) is 5.61. The maximum Gasteiger partial charge on any atom is 0.249 e. The minimum atomic E-state index is -3.73. The second-order valence-electron chi connectivity index (χ2n) is 8.30. The van der Waals surface area contributed by atoms with Gasteiger partial charge < -0.3 is 9.42 Å². The Morgan fingerprint density at radius 2 is 1.93 bits per heavy atom. The lowest BCUT2D eigenvalue weighted by Gasteiger charge is -2.40. The zero-order valence-electron chi connectivity index (χ0n) is 16.4. The molecular formula is C19H29N3O4S. The normalized spacial score (nSPS) is 31.6. The smallest absolute Gasteiger partial charge is 0.249 e. The molecule has 3 atom stereocenters. The maximum absolute atomic E-state index is 13.5. The van der Waals surface area contributed by atoms with Gasteiger partial charge in [0.15, 0.2) is 5.76 Å². The number of nitrogens with zero attached hydrogens (tertiary/aromatic N) is 3. The van der Waals surface area contributed by atoms with Crippen LogP contribution < -0.4 is 0 Å². The molecule has 1 aromatic heterocycles. The quantitative estimate of drug-likeness (QED) is 0.782. The van der Waals surface area contributed by atoms with Gasteiger partial charge in [-0.1, -0.05) is 12.1 Å². The summed E-state index contributed by atoms with van der Waals surface area (Å²) in [5, 5.41) is 3.83. The number of carbonyl (C=O) groups excluding carboxylic acids is 1. The molecule has 0 unspecified atom stereocenters. The van der Waals surface area contributed by atoms with Crippen LogP contribution in [0.5, 0.6) is 0 Å². The largest absolute Gasteiger partial charge is 0.360 e. The molecule has 3 aliphatic heterocycles. The number of aromatic nitrogens is 1. The average Bonchev–Trinajstić information content (AvgIpc) is 3.33. The SMILES string of the molecule is CC[C@]1(C(=O)N2CCCCC2)C[C@H]2CC[C@@H]1N2S(=O)(=O)c1c(C)noc1C. The number of hydrogen-bond acceptors (Lipinski definition) is 5. The summed E-state index contributed by atoms with van der Waals surface area (Å²) in [6, 6.07) is -0.372. The van der Waals surface area contributed by atoms with E-state index < -0.39 is 15.4 Å². The summed E-state index contributed by atoms with van der Waals surface area (Å²) in [5.41, 5.74) is -0.199. The van der Waals surface area contributed by atoms with Crippen LogP contribution in [0, 0.1) is 19.3 Å². The van der Waals surface area contributed by atoms with Crippen molar-refractivity contribution in [1.29, 1.82) is 0 Å². The zero-order chi connectivity index (χ0) is 19.4. The summed E-state index contributed by atoms with van der Waals surface area (Å²) in [4.78, 5) is 15.7. The molecule has 3 aliphatic rings. The lowest BCUT2D eigenvalue weighted by Crippen LogP contribution is -2.52. The van der Waals surface area contributed by atoms with Crippen molar-refractivity contribution in [2.45, 2.75) is 82.7 Å². The molecule has 0 aliphatic carbocycles. The van der Waals surface area contributed by atoms with Crippen LogP contribution in [0.4, 0.5) is 0 Å². The van der Waals surface area contributed by atoms with Crippen molar-refractivity contribution in [3.05, 3.63) is 11.5 Å². The number of amides is 1. The molecule has 27 heavy (non-hydrogen) atoms. The molecule has 1 aromatic rings. The predicted molar refractivity (Wildman–Crippen MR) is 99.6 cm³/mol. The Labute approximate surface area is 161 Å². The van der Waals surface area contributed by atoms with Crippen LogP contribution >= 0.6 is 0 Å². The third-order valence-corrected chi connectivity index (χ3v) is 9.09. The van der Waals surface area contributed by atoms with Crippen molar-refractivity contribution >= 4 is 15.9 Å². The number of sulfonamides is 1. The predicted octanol–water partition coefficient (Wildman–Crippen LogP) is 2.63. The number of aryl methyl sites for hydroxylation is 2. The molecule has 0 N–H and O–H groups in total. The van der Waals surface area contributed by atoms with Gasteiger partial charge in [-0.05, 0) is 58.8 Å². The van der Waals surface area contributed by atoms with E-state index in [1.165, 1.54) is 6.42 Å². The van der Waals surface area contributed by atoms with Crippen LogP contribution in [0.15, 0.2) is 9.42 Å². The molecule has 3 saturated heterocycles. The van der Waals surface area contributed by atoms with Crippen molar-refractivity contribution < 1.29 is 17.7 Å². The maximum atomic E-state index is 13.5. The van der Waals surface area contributed by atoms with Crippen LogP contribution in [0.3, 0.4) is 0 Å². The Hall–Kier alpha value is -1.41. The summed E-state index contributed by atoms with van der Waals surface area (Å²) in [5.74, 6) is 0.485. The summed E-state index contributed by atoms with van der Waals surface area (Å²) in [6.45, 7) is 6.93. The van der Waals surface area contributed by atoms with Gasteiger partial charge in [0.25, 0.3) is 0 Å². The molecule has 4 rings (SSSR count). The highest BCUT2D eigenvalue weighted by Gasteiger charge is 2.63. The second-order valence-corrected chi connectivity index (χ2v) is 10.1. The van der Waals surface area contributed by atoms with Gasteiger partial charge in [0.1, 0.15) is 10.6 Å². The van der Waals surface area contributed by atoms with Gasteiger partial charge in [-0.3, -0.25) is 4.79 Å². The van der Waals surface area contributed by atoms with Gasteiger partial charge in [-0.25, -0.2) is 8.42 Å². The van der Waals surface area contributed by atoms with E-state index in [2.05, 4.69) is 5.16 Å². The van der Waals surface area contributed by atoms with Gasteiger partial charge in [0.05, 0.1) is 5.41 Å². The number of piperidine rings is 1. The number of carbonyl (C=O) groups is 1. The van der Waals surface area contributed by atoms with Gasteiger partial charge in [-0.2, -0.15) is 4.31 Å². The van der Waals surface area contributed by atoms with Crippen LogP contribution in [-0.4, -0.2) is 53.9 Å². The fourth-order valence-corrected chi connectivity index (χ4v) is 7.85. The van der Waals surface area contributed by atoms with Crippen molar-refractivity contribution in [3.63, 3.8) is 0 Å². The number of fused-ring (bicyclic) bond motifs is 2. The van der Waals surface area contributed by atoms with Crippen LogP contribution in [0.25, 0.3) is 0 Å². The summed E-state index contributed by atoms with van der Waals surface area (Å²) < 4.78 is 33.8. The van der Waals surface area contributed by atoms with Crippen molar-refractivity contribution in [3.8, 4) is 0 Å². The second kappa shape index (κ2) is 6.58. The molecule has 8 heteroatoms. The fraction of sp³-hybridized carbons (Fsp3) is 0.789. The number of likely N-dealkylation sites (tertiary alicyclic amines) is 1. The molecule has 0 aromatic carbocycles. The molecular weight excluding hydrogens is 366 g/mol. The van der Waals surface area contributed by atoms with Gasteiger partial charge in [0.2, 0.25) is 15.9 Å². The monoisotopic (exact) mass is 395 g/mol. The zero-order valence-corrected chi connectivity index (χ0v) is 17.2. The Kier molecular flexibility index (Phi) is 4.62. The average molecular weight is 396 g/mol. The lowest BCUT2D eigenvalue weighted by molar-refractivity contribution is -0.145. The third-order valence-electron chi connectivity index (χ3n) is 6.88. The molecule has 2 bridgehead atoms. The van der Waals surface area contributed by atoms with E-state index in [4.69, 9.17) is 4.52 Å². The van der Waals surface area contributed by atoms with E-state index >= 15 is 0 Å². The van der Waals surface area contributed by atoms with Gasteiger partial charge >= 0.3 is 0 Å². The summed E-state index contributed by atoms with van der Waals surface area (Å²) >= 11 is 0. The van der Waals surface area contributed by atoms with Crippen molar-refractivity contribution in [2.24, 2.45) is 5.41 Å². The first-order valence-electron chi connectivity index (χ1n) is 10.1. The Morgan fingerprint density at radius 1 is 1.22 bits per heavy atom. The first kappa shape index (κ1) is 18.9. The summed E-state index contributed by atoms with van der Waals surface area (Å²) in [6.07, 6.45) is 6.13. The van der Waals surface area contributed by atoms with Crippen molar-refractivity contribution in [2.75, 3.05) is 13.1 Å². The lowest BCUT2D eigenvalue weighted by atomic mass is 9.70. The van der Waals surface area contributed by atoms with Gasteiger partial charge in [-0.15, -0.1) is 0 Å². The topological polar surface area (TPSA) is 83.7 Å². The minimum absolute atomic E-state index is 0.109. The highest BCUT2D eigenvalue weighted by molar-refractivity contribution is 7.89. The van der Waals surface area contributed by atoms with Crippen LogP contribution in [0.2, 0.25) is 0 Å². The standard InChI is InChI=1S/C19H29N3O4S/c1-4-19(18(23)21-10-6-5-7-11-21)12-15-8-9-16(19)22(15)27(24,25)17-13(2)20-26-14(17)3/h15-16H,4-12H2,1-3H3/t15-,16+,19+/m1/s1. The highest BCUT2D eigenvalue weighted by Crippen LogP contribution is 2.55. The highest BCUT2D eigenvalue weighted by atomic mass is 32.2. The molecule has 4 heterocycles. The first-order chi connectivity index (χ1) is 12.8. The third kappa shape index (κ3) is 2.67. The molecule has 0 spiro atoms. The van der Waals surface area contributed by atoms with Crippen LogP contribution in [-0.2, 0) is 14.8 Å². The minimum Gasteiger partial charge on any atom is -0.360 e. The van der Waals surface area contributed by atoms with E-state index in [0.717, 1.165) is 38.8 Å². The van der Waals surface area contributed by atoms with E-state index in [1.807, 2.05) is 11.8 Å². The Balaban J connectivity index is 1.71. The molecule has 1 amide bonds. The van der Waals surface area contributed by atoms with E-state index in [1.54, 1.807) is 18.2 Å². The number of rotatable bonds is 4. The van der Waals surface area contributed by atoms with Gasteiger partial charge in [0, 0.05) is 25.2 Å². The Bertz CT molecular complexity index is 824. The molecule has 3 fully saturated rings. The van der Waals surface area contributed by atoms with E-state index in [0.29, 0.717) is 24.3 Å². The van der Waals surface area contributed by atoms with E-state index in [-0.39, 0.29) is 22.9 Å². The van der Waals surface area contributed by atoms with Crippen LogP contribution in [0.1, 0.15) is 63.3 Å². The number of hydrogen-bond donors (Lipinski definition) is 0. The molecule has 0 saturated carbocycles. The molecule has 0 radical (unpaired) electrons. The molecule has 7 nitrogen and oxygen atoms in total.